The fourth-order valence-corrected chi connectivity index (χ4v) is 11.7. The Morgan fingerprint density at radius 3 is 0.868 bits per heavy atom. The van der Waals surface area contributed by atoms with E-state index in [1.807, 2.05) is 13.8 Å². The minimum atomic E-state index is -0.643. The molecule has 2 unspecified atom stereocenters. The van der Waals surface area contributed by atoms with E-state index in [0.29, 0.717) is 0 Å². The van der Waals surface area contributed by atoms with Crippen LogP contribution in [0.5, 0.6) is 0 Å². The van der Waals surface area contributed by atoms with E-state index in [1.54, 1.807) is 17.7 Å². The predicted molar refractivity (Wildman–Crippen MR) is 172 cm³/mol. The Balaban J connectivity index is -0.000000203. The summed E-state index contributed by atoms with van der Waals surface area (Å²) in [6.07, 6.45) is 19.1. The van der Waals surface area contributed by atoms with Crippen molar-refractivity contribution in [1.82, 2.24) is 0 Å². The Morgan fingerprint density at radius 2 is 0.711 bits per heavy atom. The third kappa shape index (κ3) is 43.6. The quantitative estimate of drug-likeness (QED) is 0.0853. The molecule has 0 rings (SSSR count). The van der Waals surface area contributed by atoms with Gasteiger partial charge in [-0.05, 0) is 25.7 Å². The van der Waals surface area contributed by atoms with Crippen LogP contribution in [0.25, 0.3) is 0 Å². The molecule has 4 radical (unpaired) electrons. The van der Waals surface area contributed by atoms with Crippen LogP contribution in [0.15, 0.2) is 0 Å². The van der Waals surface area contributed by atoms with Crippen LogP contribution in [0, 0.1) is 11.8 Å². The first kappa shape index (κ1) is 45.5. The van der Waals surface area contributed by atoms with Crippen LogP contribution in [0.4, 0.5) is 0 Å². The third-order valence-electron chi connectivity index (χ3n) is 6.32. The molecule has 0 bridgehead atoms. The molecule has 0 aromatic carbocycles. The van der Waals surface area contributed by atoms with Crippen molar-refractivity contribution in [1.29, 1.82) is 0 Å². The molecule has 0 fully saturated rings. The van der Waals surface area contributed by atoms with Crippen LogP contribution >= 0.6 is 0 Å². The number of hydrogen-bond acceptors (Lipinski definition) is 2. The van der Waals surface area contributed by atoms with Crippen molar-refractivity contribution in [3.05, 3.63) is 0 Å². The fraction of sp³-hybridized carbons (Fsp3) is 0.938. The van der Waals surface area contributed by atoms with E-state index in [4.69, 9.17) is 10.2 Å². The van der Waals surface area contributed by atoms with Gasteiger partial charge in [0, 0.05) is 0 Å². The van der Waals surface area contributed by atoms with Crippen molar-refractivity contribution in [2.75, 3.05) is 0 Å². The second-order valence-electron chi connectivity index (χ2n) is 10.1. The molecular weight excluding hydrogens is 686 g/mol. The van der Waals surface area contributed by atoms with Gasteiger partial charge < -0.3 is 10.2 Å². The van der Waals surface area contributed by atoms with E-state index in [1.165, 1.54) is 51.4 Å². The second-order valence-corrected chi connectivity index (χ2v) is 18.6. The van der Waals surface area contributed by atoms with E-state index >= 15 is 0 Å². The van der Waals surface area contributed by atoms with E-state index in [9.17, 15) is 9.59 Å². The van der Waals surface area contributed by atoms with Crippen molar-refractivity contribution >= 4 is 54.2 Å². The molecule has 0 aromatic rings. The SMILES string of the molecule is CCCCC(CC)C(=O)O.CCCCC(CC)C(=O)O.CCC[CH2][Sn][CH2]CCC.CCC[CH2][Sn][CH2]CCC. The summed E-state index contributed by atoms with van der Waals surface area (Å²) >= 11 is 0.299. The first-order valence-electron chi connectivity index (χ1n) is 16.1. The molecule has 0 saturated heterocycles. The minimum absolute atomic E-state index is 0.111. The monoisotopic (exact) mass is 756 g/mol. The predicted octanol–water partition coefficient (Wildman–Crippen LogP) is 10.8. The van der Waals surface area contributed by atoms with Gasteiger partial charge in [-0.1, -0.05) is 53.4 Å². The average molecular weight is 754 g/mol. The molecule has 38 heavy (non-hydrogen) atoms. The summed E-state index contributed by atoms with van der Waals surface area (Å²) in [5.41, 5.74) is 0. The molecule has 0 aromatic heterocycles. The molecule has 4 nitrogen and oxygen atoms in total. The molecule has 0 amide bonds. The van der Waals surface area contributed by atoms with Gasteiger partial charge in [0.05, 0.1) is 11.8 Å². The number of rotatable bonds is 22. The van der Waals surface area contributed by atoms with Crippen LogP contribution < -0.4 is 0 Å². The van der Waals surface area contributed by atoms with Crippen molar-refractivity contribution in [3.8, 4) is 0 Å². The Bertz CT molecular complexity index is 395. The van der Waals surface area contributed by atoms with Gasteiger partial charge in [-0.2, -0.15) is 0 Å². The average Bonchev–Trinajstić information content (AvgIpc) is 2.90. The number of unbranched alkanes of at least 4 members (excludes halogenated alkanes) is 6. The molecule has 2 N–H and O–H groups in total. The van der Waals surface area contributed by atoms with Crippen LogP contribution in [0.2, 0.25) is 17.7 Å². The molecule has 6 heteroatoms. The van der Waals surface area contributed by atoms with Crippen LogP contribution in [-0.4, -0.2) is 64.4 Å². The van der Waals surface area contributed by atoms with E-state index in [-0.39, 0.29) is 54.1 Å². The molecule has 0 heterocycles. The van der Waals surface area contributed by atoms with Crippen molar-refractivity contribution in [2.45, 2.75) is 176 Å². The molecule has 2 atom stereocenters. The summed E-state index contributed by atoms with van der Waals surface area (Å²) in [7, 11) is 0. The number of hydrogen-bond donors (Lipinski definition) is 2. The molecule has 0 aliphatic heterocycles. The Kier molecular flexibility index (Phi) is 50.3. The topological polar surface area (TPSA) is 74.6 Å². The van der Waals surface area contributed by atoms with E-state index in [2.05, 4.69) is 41.5 Å². The normalized spacial score (nSPS) is 11.6. The Labute approximate surface area is 260 Å². The van der Waals surface area contributed by atoms with Gasteiger partial charge in [-0.25, -0.2) is 0 Å². The van der Waals surface area contributed by atoms with Gasteiger partial charge in [0.25, 0.3) is 0 Å². The zero-order valence-electron chi connectivity index (χ0n) is 27.0. The number of carbonyl (C=O) groups is 2. The number of aliphatic carboxylic acids is 2. The second kappa shape index (κ2) is 42.0. The molecule has 0 saturated carbocycles. The molecule has 0 spiro atoms. The summed E-state index contributed by atoms with van der Waals surface area (Å²) in [5.74, 6) is -1.51. The summed E-state index contributed by atoms with van der Waals surface area (Å²) in [4.78, 5) is 20.9. The summed E-state index contributed by atoms with van der Waals surface area (Å²) < 4.78 is 6.50. The molecule has 0 aliphatic rings. The first-order chi connectivity index (χ1) is 18.3. The van der Waals surface area contributed by atoms with Crippen LogP contribution in [0.3, 0.4) is 0 Å². The van der Waals surface area contributed by atoms with Crippen LogP contribution in [0.1, 0.15) is 158 Å². The summed E-state index contributed by atoms with van der Waals surface area (Å²) in [6, 6.07) is 0. The van der Waals surface area contributed by atoms with Gasteiger partial charge in [0.1, 0.15) is 0 Å². The number of carboxylic acid groups (broad SMARTS) is 2. The van der Waals surface area contributed by atoms with Gasteiger partial charge >= 0.3 is 151 Å². The van der Waals surface area contributed by atoms with Crippen molar-refractivity contribution in [2.24, 2.45) is 11.8 Å². The van der Waals surface area contributed by atoms with Crippen LogP contribution in [-0.2, 0) is 9.59 Å². The zero-order valence-corrected chi connectivity index (χ0v) is 32.7. The molecule has 0 aliphatic carbocycles. The Hall–Kier alpha value is 0.537. The van der Waals surface area contributed by atoms with Gasteiger partial charge in [0.2, 0.25) is 0 Å². The van der Waals surface area contributed by atoms with Crippen molar-refractivity contribution < 1.29 is 19.8 Å². The fourth-order valence-electron chi connectivity index (χ4n) is 3.36. The first-order valence-corrected chi connectivity index (χ1v) is 24.2. The van der Waals surface area contributed by atoms with Gasteiger partial charge in [-0.15, -0.1) is 0 Å². The van der Waals surface area contributed by atoms with Crippen molar-refractivity contribution in [3.63, 3.8) is 0 Å². The van der Waals surface area contributed by atoms with E-state index in [0.717, 1.165) is 51.4 Å². The Morgan fingerprint density at radius 1 is 0.474 bits per heavy atom. The maximum absolute atomic E-state index is 10.4. The molecular formula is C32H68O4Sn2. The van der Waals surface area contributed by atoms with Gasteiger partial charge in [0.15, 0.2) is 0 Å². The zero-order chi connectivity index (χ0) is 29.9. The standard InChI is InChI=1S/2C8H16O2.4C4H9.2Sn/c2*1-3-5-6-7(4-2)8(9)10;4*1-3-4-2;;/h2*7H,3-6H2,1-2H3,(H,9,10);4*1,3-4H2,2H3;;. The third-order valence-corrected chi connectivity index (χ3v) is 14.4. The number of carboxylic acids is 2. The summed E-state index contributed by atoms with van der Waals surface area (Å²) in [6.45, 7) is 17.2. The van der Waals surface area contributed by atoms with E-state index < -0.39 is 11.9 Å². The maximum atomic E-state index is 10.4. The summed E-state index contributed by atoms with van der Waals surface area (Å²) in [5, 5.41) is 17.2. The molecule has 228 valence electrons. The van der Waals surface area contributed by atoms with Gasteiger partial charge in [-0.3, -0.25) is 9.59 Å².